The molecule has 0 aliphatic rings. The summed E-state index contributed by atoms with van der Waals surface area (Å²) >= 11 is 0. The highest BCUT2D eigenvalue weighted by molar-refractivity contribution is 6.00. The first-order valence-corrected chi connectivity index (χ1v) is 5.20. The van der Waals surface area contributed by atoms with Crippen molar-refractivity contribution in [3.63, 3.8) is 0 Å². The van der Waals surface area contributed by atoms with Crippen LogP contribution in [0, 0.1) is 12.3 Å². The van der Waals surface area contributed by atoms with Crippen LogP contribution in [0.15, 0.2) is 18.2 Å². The summed E-state index contributed by atoms with van der Waals surface area (Å²) in [5.41, 5.74) is 2.96. The molecule has 0 amide bonds. The van der Waals surface area contributed by atoms with E-state index in [4.69, 9.17) is 10.1 Å². The van der Waals surface area contributed by atoms with E-state index >= 15 is 0 Å². The van der Waals surface area contributed by atoms with Crippen LogP contribution in [0.3, 0.4) is 0 Å². The molecule has 0 saturated heterocycles. The van der Waals surface area contributed by atoms with E-state index in [-0.39, 0.29) is 13.2 Å². The minimum absolute atomic E-state index is 0.0452. The highest BCUT2D eigenvalue weighted by Gasteiger charge is 2.09. The van der Waals surface area contributed by atoms with E-state index in [2.05, 4.69) is 5.32 Å². The molecule has 1 rings (SSSR count). The van der Waals surface area contributed by atoms with Crippen LogP contribution in [0.25, 0.3) is 0 Å². The first-order valence-electron chi connectivity index (χ1n) is 5.20. The third-order valence-electron chi connectivity index (χ3n) is 2.39. The summed E-state index contributed by atoms with van der Waals surface area (Å²) in [5.74, 6) is 0. The molecular formula is C12H18N2O2. The van der Waals surface area contributed by atoms with Gasteiger partial charge < -0.3 is 15.3 Å². The predicted molar refractivity (Wildman–Crippen MR) is 63.8 cm³/mol. The number of hydrogen-bond donors (Lipinski definition) is 3. The van der Waals surface area contributed by atoms with Gasteiger partial charge in [0.15, 0.2) is 0 Å². The number of rotatable bonds is 6. The molecule has 1 aromatic rings. The van der Waals surface area contributed by atoms with Crippen LogP contribution >= 0.6 is 0 Å². The molecule has 0 aliphatic heterocycles. The number of aliphatic hydroxyl groups excluding tert-OH is 1. The molecule has 0 radical (unpaired) electrons. The van der Waals surface area contributed by atoms with E-state index in [0.717, 1.165) is 16.7 Å². The smallest absolute Gasteiger partial charge is 0.0968 e. The Bertz CT molecular complexity index is 364. The first kappa shape index (κ1) is 12.8. The van der Waals surface area contributed by atoms with Crippen LogP contribution in [0.1, 0.15) is 16.7 Å². The van der Waals surface area contributed by atoms with Gasteiger partial charge in [-0.1, -0.05) is 18.2 Å². The molecular weight excluding hydrogens is 204 g/mol. The normalized spacial score (nSPS) is 10.4. The molecule has 4 heteroatoms. The fourth-order valence-electron chi connectivity index (χ4n) is 1.53. The van der Waals surface area contributed by atoms with Crippen molar-refractivity contribution < 1.29 is 9.84 Å². The van der Waals surface area contributed by atoms with Gasteiger partial charge in [-0.2, -0.15) is 0 Å². The average Bonchev–Trinajstić information content (AvgIpc) is 2.29. The third kappa shape index (κ3) is 3.13. The summed E-state index contributed by atoms with van der Waals surface area (Å²) in [5, 5.41) is 20.0. The van der Waals surface area contributed by atoms with Crippen molar-refractivity contribution in [1.29, 1.82) is 5.41 Å². The second-order valence-corrected chi connectivity index (χ2v) is 3.58. The maximum atomic E-state index is 9.27. The third-order valence-corrected chi connectivity index (χ3v) is 2.39. The molecule has 0 aliphatic carbocycles. The van der Waals surface area contributed by atoms with Crippen molar-refractivity contribution >= 4 is 5.71 Å². The van der Waals surface area contributed by atoms with Gasteiger partial charge in [-0.25, -0.2) is 0 Å². The number of nitrogens with one attached hydrogen (secondary N) is 2. The minimum atomic E-state index is -0.0452. The van der Waals surface area contributed by atoms with Crippen molar-refractivity contribution in [2.45, 2.75) is 13.5 Å². The zero-order chi connectivity index (χ0) is 12.0. The van der Waals surface area contributed by atoms with Gasteiger partial charge in [0.2, 0.25) is 0 Å². The highest BCUT2D eigenvalue weighted by atomic mass is 16.5. The van der Waals surface area contributed by atoms with Crippen LogP contribution < -0.4 is 5.32 Å². The molecule has 88 valence electrons. The van der Waals surface area contributed by atoms with Crippen LogP contribution in [-0.4, -0.2) is 31.2 Å². The molecule has 1 aromatic carbocycles. The highest BCUT2D eigenvalue weighted by Crippen LogP contribution is 2.14. The fourth-order valence-corrected chi connectivity index (χ4v) is 1.53. The number of aliphatic hydroxyl groups is 1. The molecule has 0 saturated carbocycles. The van der Waals surface area contributed by atoms with Crippen molar-refractivity contribution in [3.05, 3.63) is 34.9 Å². The second kappa shape index (κ2) is 6.37. The van der Waals surface area contributed by atoms with E-state index < -0.39 is 0 Å². The topological polar surface area (TPSA) is 65.3 Å². The number of aryl methyl sites for hydroxylation is 1. The largest absolute Gasteiger partial charge is 0.392 e. The van der Waals surface area contributed by atoms with Crippen molar-refractivity contribution in [2.24, 2.45) is 0 Å². The zero-order valence-corrected chi connectivity index (χ0v) is 9.71. The molecule has 16 heavy (non-hydrogen) atoms. The maximum Gasteiger partial charge on any atom is 0.0968 e. The average molecular weight is 222 g/mol. The lowest BCUT2D eigenvalue weighted by Gasteiger charge is -2.11. The van der Waals surface area contributed by atoms with E-state index in [1.54, 1.807) is 7.05 Å². The van der Waals surface area contributed by atoms with Gasteiger partial charge in [0.05, 0.1) is 25.7 Å². The summed E-state index contributed by atoms with van der Waals surface area (Å²) in [7, 11) is 1.79. The Morgan fingerprint density at radius 3 is 2.88 bits per heavy atom. The monoisotopic (exact) mass is 222 g/mol. The van der Waals surface area contributed by atoms with E-state index in [9.17, 15) is 5.11 Å². The lowest BCUT2D eigenvalue weighted by Crippen LogP contribution is -2.18. The Morgan fingerprint density at radius 1 is 1.50 bits per heavy atom. The van der Waals surface area contributed by atoms with Gasteiger partial charge in [-0.15, -0.1) is 0 Å². The van der Waals surface area contributed by atoms with Crippen molar-refractivity contribution in [2.75, 3.05) is 20.4 Å². The molecule has 0 aromatic heterocycles. The Labute approximate surface area is 95.8 Å². The van der Waals surface area contributed by atoms with Crippen LogP contribution in [-0.2, 0) is 11.3 Å². The van der Waals surface area contributed by atoms with Crippen LogP contribution in [0.4, 0.5) is 0 Å². The summed E-state index contributed by atoms with van der Waals surface area (Å²) in [6.07, 6.45) is 0. The minimum Gasteiger partial charge on any atom is -0.392 e. The number of ether oxygens (including phenoxy) is 1. The fraction of sp³-hybridized carbons (Fsp3) is 0.417. The molecule has 0 spiro atoms. The molecule has 4 nitrogen and oxygen atoms in total. The summed E-state index contributed by atoms with van der Waals surface area (Å²) in [4.78, 5) is 0. The van der Waals surface area contributed by atoms with Gasteiger partial charge >= 0.3 is 0 Å². The summed E-state index contributed by atoms with van der Waals surface area (Å²) < 4.78 is 5.22. The Kier molecular flexibility index (Phi) is 5.11. The first-order chi connectivity index (χ1) is 7.70. The standard InChI is InChI=1S/C12H18N2O2/c1-9-4-3-5-10(11(9)6-15)12(13)7-16-8-14-2/h3-5,13-15H,6-8H2,1-2H3. The number of benzene rings is 1. The lowest BCUT2D eigenvalue weighted by atomic mass is 9.99. The quantitative estimate of drug-likeness (QED) is 0.383. The lowest BCUT2D eigenvalue weighted by molar-refractivity contribution is 0.157. The molecule has 3 N–H and O–H groups in total. The van der Waals surface area contributed by atoms with Gasteiger partial charge in [-0.3, -0.25) is 5.32 Å². The second-order valence-electron chi connectivity index (χ2n) is 3.58. The molecule has 0 unspecified atom stereocenters. The molecule has 0 heterocycles. The molecule has 0 fully saturated rings. The van der Waals surface area contributed by atoms with E-state index in [1.165, 1.54) is 0 Å². The number of hydrogen-bond acceptors (Lipinski definition) is 4. The Morgan fingerprint density at radius 2 is 2.25 bits per heavy atom. The maximum absolute atomic E-state index is 9.27. The van der Waals surface area contributed by atoms with Gasteiger partial charge in [-0.05, 0) is 25.1 Å². The van der Waals surface area contributed by atoms with Crippen molar-refractivity contribution in [1.82, 2.24) is 5.32 Å². The molecule has 0 atom stereocenters. The zero-order valence-electron chi connectivity index (χ0n) is 9.71. The van der Waals surface area contributed by atoms with Gasteiger partial charge in [0.25, 0.3) is 0 Å². The van der Waals surface area contributed by atoms with Crippen molar-refractivity contribution in [3.8, 4) is 0 Å². The SMILES string of the molecule is CNCOCC(=N)c1cccc(C)c1CO. The van der Waals surface area contributed by atoms with Crippen LogP contribution in [0.2, 0.25) is 0 Å². The summed E-state index contributed by atoms with van der Waals surface area (Å²) in [6, 6.07) is 5.65. The van der Waals surface area contributed by atoms with Gasteiger partial charge in [0, 0.05) is 5.56 Å². The van der Waals surface area contributed by atoms with E-state index in [1.807, 2.05) is 25.1 Å². The molecule has 0 bridgehead atoms. The Balaban J connectivity index is 2.78. The Hall–Kier alpha value is -1.23. The summed E-state index contributed by atoms with van der Waals surface area (Å²) in [6.45, 7) is 2.55. The van der Waals surface area contributed by atoms with E-state index in [0.29, 0.717) is 12.4 Å². The predicted octanol–water partition coefficient (Wildman–Crippen LogP) is 1.05. The van der Waals surface area contributed by atoms with Crippen LogP contribution in [0.5, 0.6) is 0 Å². The van der Waals surface area contributed by atoms with Gasteiger partial charge in [0.1, 0.15) is 0 Å².